The fourth-order valence-electron chi connectivity index (χ4n) is 1.25. The van der Waals surface area contributed by atoms with E-state index in [0.717, 1.165) is 12.7 Å². The van der Waals surface area contributed by atoms with E-state index in [-0.39, 0.29) is 5.75 Å². The van der Waals surface area contributed by atoms with E-state index in [1.807, 2.05) is 6.08 Å². The number of carbonyl (C=O) groups excluding carboxylic acids is 2. The van der Waals surface area contributed by atoms with E-state index in [2.05, 4.69) is 6.92 Å². The van der Waals surface area contributed by atoms with Gasteiger partial charge in [-0.25, -0.2) is 0 Å². The zero-order chi connectivity index (χ0) is 13.6. The van der Waals surface area contributed by atoms with Crippen LogP contribution in [0.4, 0.5) is 0 Å². The van der Waals surface area contributed by atoms with E-state index in [4.69, 9.17) is 5.11 Å². The zero-order valence-corrected chi connectivity index (χ0v) is 10.7. The summed E-state index contributed by atoms with van der Waals surface area (Å²) in [6.45, 7) is 2.17. The molecule has 1 aromatic carbocycles. The predicted molar refractivity (Wildman–Crippen MR) is 72.8 cm³/mol. The standard InChI is InChI=1S/C8H14O.C7H6O2/c1-2-3-4-5-6-7-8-9;8-5-6-3-1-2-4-7(6)9/h6-8H,2-5H2,1H3;1-5,9H/b7-6+;. The van der Waals surface area contributed by atoms with Gasteiger partial charge >= 0.3 is 0 Å². The van der Waals surface area contributed by atoms with Crippen LogP contribution < -0.4 is 0 Å². The molecule has 0 aliphatic carbocycles. The molecule has 0 spiro atoms. The van der Waals surface area contributed by atoms with Crippen LogP contribution in [0.5, 0.6) is 5.75 Å². The highest BCUT2D eigenvalue weighted by Crippen LogP contribution is 2.11. The Labute approximate surface area is 108 Å². The van der Waals surface area contributed by atoms with Gasteiger partial charge in [0.25, 0.3) is 0 Å². The van der Waals surface area contributed by atoms with Crippen molar-refractivity contribution in [3.8, 4) is 5.75 Å². The Morgan fingerprint density at radius 3 is 2.39 bits per heavy atom. The van der Waals surface area contributed by atoms with Crippen molar-refractivity contribution < 1.29 is 14.7 Å². The van der Waals surface area contributed by atoms with E-state index in [1.165, 1.54) is 25.3 Å². The van der Waals surface area contributed by atoms with Gasteiger partial charge in [0.2, 0.25) is 0 Å². The van der Waals surface area contributed by atoms with Gasteiger partial charge in [0.05, 0.1) is 5.56 Å². The molecule has 1 aromatic rings. The molecule has 0 aliphatic heterocycles. The van der Waals surface area contributed by atoms with Crippen molar-refractivity contribution in [2.75, 3.05) is 0 Å². The van der Waals surface area contributed by atoms with E-state index in [1.54, 1.807) is 24.3 Å². The molecule has 0 bridgehead atoms. The van der Waals surface area contributed by atoms with Gasteiger partial charge in [0.15, 0.2) is 6.29 Å². The van der Waals surface area contributed by atoms with Crippen LogP contribution in [0.25, 0.3) is 0 Å². The third kappa shape index (κ3) is 8.28. The monoisotopic (exact) mass is 248 g/mol. The first-order valence-corrected chi connectivity index (χ1v) is 6.09. The van der Waals surface area contributed by atoms with Crippen molar-refractivity contribution in [1.82, 2.24) is 0 Å². The van der Waals surface area contributed by atoms with Gasteiger partial charge < -0.3 is 5.11 Å². The Balaban J connectivity index is 0.000000321. The molecule has 0 heterocycles. The molecule has 0 saturated heterocycles. The van der Waals surface area contributed by atoms with Crippen molar-refractivity contribution >= 4 is 12.6 Å². The van der Waals surface area contributed by atoms with E-state index in [9.17, 15) is 9.59 Å². The Morgan fingerprint density at radius 1 is 1.17 bits per heavy atom. The summed E-state index contributed by atoms with van der Waals surface area (Å²) >= 11 is 0. The van der Waals surface area contributed by atoms with Crippen LogP contribution in [-0.2, 0) is 4.79 Å². The Morgan fingerprint density at radius 2 is 1.89 bits per heavy atom. The lowest BCUT2D eigenvalue weighted by Crippen LogP contribution is -1.77. The quantitative estimate of drug-likeness (QED) is 0.476. The molecule has 0 aliphatic rings. The molecule has 18 heavy (non-hydrogen) atoms. The lowest BCUT2D eigenvalue weighted by Gasteiger charge is -1.91. The van der Waals surface area contributed by atoms with Gasteiger partial charge in [0, 0.05) is 0 Å². The molecule has 0 unspecified atom stereocenters. The average Bonchev–Trinajstić information content (AvgIpc) is 2.40. The largest absolute Gasteiger partial charge is 0.507 e. The number of hydrogen-bond acceptors (Lipinski definition) is 3. The van der Waals surface area contributed by atoms with Crippen LogP contribution in [0.3, 0.4) is 0 Å². The van der Waals surface area contributed by atoms with Gasteiger partial charge in [-0.05, 0) is 31.1 Å². The second-order valence-corrected chi connectivity index (χ2v) is 3.74. The number of phenolic OH excluding ortho intramolecular Hbond substituents is 1. The van der Waals surface area contributed by atoms with Crippen LogP contribution in [0.1, 0.15) is 43.0 Å². The number of carbonyl (C=O) groups is 2. The predicted octanol–water partition coefficient (Wildman–Crippen LogP) is 3.53. The molecule has 1 rings (SSSR count). The molecule has 0 amide bonds. The van der Waals surface area contributed by atoms with E-state index in [0.29, 0.717) is 11.8 Å². The average molecular weight is 248 g/mol. The smallest absolute Gasteiger partial charge is 0.153 e. The first-order valence-electron chi connectivity index (χ1n) is 6.09. The molecule has 0 aromatic heterocycles. The summed E-state index contributed by atoms with van der Waals surface area (Å²) in [5.41, 5.74) is 0.331. The normalized spacial score (nSPS) is 9.61. The summed E-state index contributed by atoms with van der Waals surface area (Å²) in [4.78, 5) is 19.8. The van der Waals surface area contributed by atoms with Gasteiger partial charge in [0.1, 0.15) is 12.0 Å². The summed E-state index contributed by atoms with van der Waals surface area (Å²) in [5, 5.41) is 8.88. The molecule has 3 nitrogen and oxygen atoms in total. The summed E-state index contributed by atoms with van der Waals surface area (Å²) in [6.07, 6.45) is 9.70. The van der Waals surface area contributed by atoms with E-state index < -0.39 is 0 Å². The number of hydrogen-bond donors (Lipinski definition) is 1. The molecule has 1 N–H and O–H groups in total. The number of para-hydroxylation sites is 1. The van der Waals surface area contributed by atoms with Crippen molar-refractivity contribution in [2.24, 2.45) is 0 Å². The fraction of sp³-hybridized carbons (Fsp3) is 0.333. The number of benzene rings is 1. The number of phenols is 1. The Hall–Kier alpha value is -1.90. The Bertz CT molecular complexity index is 370. The molecule has 98 valence electrons. The molecular formula is C15H20O3. The molecule has 0 atom stereocenters. The first kappa shape index (κ1) is 16.1. The molecule has 0 radical (unpaired) electrons. The van der Waals surface area contributed by atoms with Crippen LogP contribution in [-0.4, -0.2) is 17.7 Å². The van der Waals surface area contributed by atoms with Crippen LogP contribution in [0, 0.1) is 0 Å². The fourth-order valence-corrected chi connectivity index (χ4v) is 1.25. The minimum atomic E-state index is 0.0347. The van der Waals surface area contributed by atoms with Crippen molar-refractivity contribution in [3.63, 3.8) is 0 Å². The maximum atomic E-state index is 10.1. The first-order chi connectivity index (χ1) is 8.76. The highest BCUT2D eigenvalue weighted by Gasteiger charge is 1.93. The maximum Gasteiger partial charge on any atom is 0.153 e. The second-order valence-electron chi connectivity index (χ2n) is 3.74. The minimum absolute atomic E-state index is 0.0347. The summed E-state index contributed by atoms with van der Waals surface area (Å²) in [5.74, 6) is 0.0347. The number of aldehydes is 2. The van der Waals surface area contributed by atoms with Crippen molar-refractivity contribution in [3.05, 3.63) is 42.0 Å². The van der Waals surface area contributed by atoms with Crippen molar-refractivity contribution in [2.45, 2.75) is 32.6 Å². The lowest BCUT2D eigenvalue weighted by molar-refractivity contribution is -0.104. The number of allylic oxidation sites excluding steroid dienone is 2. The Kier molecular flexibility index (Phi) is 10.4. The van der Waals surface area contributed by atoms with Gasteiger partial charge in [-0.15, -0.1) is 0 Å². The third-order valence-electron chi connectivity index (χ3n) is 2.25. The third-order valence-corrected chi connectivity index (χ3v) is 2.25. The van der Waals surface area contributed by atoms with Crippen LogP contribution in [0.15, 0.2) is 36.4 Å². The SMILES string of the molecule is CCCCC/C=C/C=O.O=Cc1ccccc1O. The van der Waals surface area contributed by atoms with Crippen molar-refractivity contribution in [1.29, 1.82) is 0 Å². The van der Waals surface area contributed by atoms with Gasteiger partial charge in [-0.2, -0.15) is 0 Å². The van der Waals surface area contributed by atoms with Crippen LogP contribution in [0.2, 0.25) is 0 Å². The van der Waals surface area contributed by atoms with E-state index >= 15 is 0 Å². The number of rotatable bonds is 6. The van der Waals surface area contributed by atoms with Crippen LogP contribution >= 0.6 is 0 Å². The molecule has 0 saturated carbocycles. The summed E-state index contributed by atoms with van der Waals surface area (Å²) < 4.78 is 0. The molecule has 3 heteroatoms. The lowest BCUT2D eigenvalue weighted by atomic mass is 10.2. The molecular weight excluding hydrogens is 228 g/mol. The summed E-state index contributed by atoms with van der Waals surface area (Å²) in [7, 11) is 0. The maximum absolute atomic E-state index is 10.1. The highest BCUT2D eigenvalue weighted by molar-refractivity contribution is 5.78. The highest BCUT2D eigenvalue weighted by atomic mass is 16.3. The van der Waals surface area contributed by atoms with Gasteiger partial charge in [-0.1, -0.05) is 38.0 Å². The zero-order valence-electron chi connectivity index (χ0n) is 10.7. The number of unbranched alkanes of at least 4 members (excludes halogenated alkanes) is 3. The topological polar surface area (TPSA) is 54.4 Å². The summed E-state index contributed by atoms with van der Waals surface area (Å²) in [6, 6.07) is 6.40. The second kappa shape index (κ2) is 11.6. The van der Waals surface area contributed by atoms with Gasteiger partial charge in [-0.3, -0.25) is 9.59 Å². The number of aromatic hydroxyl groups is 1. The molecule has 0 fully saturated rings. The minimum Gasteiger partial charge on any atom is -0.507 e.